The Morgan fingerprint density at radius 3 is 2.59 bits per heavy atom. The highest BCUT2D eigenvalue weighted by molar-refractivity contribution is 5.85. The second-order valence-electron chi connectivity index (χ2n) is 5.32. The van der Waals surface area contributed by atoms with Crippen LogP contribution in [0.25, 0.3) is 10.9 Å². The number of hydrogen-bond donors (Lipinski definition) is 2. The Morgan fingerprint density at radius 1 is 1.12 bits per heavy atom. The van der Waals surface area contributed by atoms with E-state index < -0.39 is 0 Å². The first-order valence-electron chi connectivity index (χ1n) is 6.58. The van der Waals surface area contributed by atoms with Gasteiger partial charge < -0.3 is 10.7 Å². The van der Waals surface area contributed by atoms with Gasteiger partial charge in [-0.2, -0.15) is 0 Å². The number of fused-ring (bicyclic) bond motifs is 1. The molecule has 2 heteroatoms. The molecule has 90 valence electrons. The topological polar surface area (TPSA) is 41.8 Å². The summed E-state index contributed by atoms with van der Waals surface area (Å²) in [4.78, 5) is 3.50. The molecule has 2 nitrogen and oxygen atoms in total. The van der Waals surface area contributed by atoms with Crippen LogP contribution >= 0.6 is 0 Å². The number of benzene rings is 1. The minimum absolute atomic E-state index is 0.428. The molecule has 0 unspecified atom stereocenters. The van der Waals surface area contributed by atoms with Crippen molar-refractivity contribution in [3.8, 4) is 0 Å². The van der Waals surface area contributed by atoms with Crippen LogP contribution in [-0.2, 0) is 0 Å². The fourth-order valence-corrected chi connectivity index (χ4v) is 3.23. The third kappa shape index (κ3) is 1.87. The van der Waals surface area contributed by atoms with Gasteiger partial charge in [-0.25, -0.2) is 0 Å². The summed E-state index contributed by atoms with van der Waals surface area (Å²) in [6, 6.07) is 9.06. The Kier molecular flexibility index (Phi) is 2.67. The summed E-state index contributed by atoms with van der Waals surface area (Å²) in [6.07, 6.45) is 4.82. The molecule has 2 aromatic rings. The van der Waals surface area contributed by atoms with E-state index in [4.69, 9.17) is 5.73 Å². The van der Waals surface area contributed by atoms with Crippen molar-refractivity contribution in [1.29, 1.82) is 0 Å². The van der Waals surface area contributed by atoms with Gasteiger partial charge in [-0.15, -0.1) is 0 Å². The number of aromatic amines is 1. The van der Waals surface area contributed by atoms with E-state index in [0.717, 1.165) is 0 Å². The molecule has 1 aliphatic rings. The van der Waals surface area contributed by atoms with Crippen molar-refractivity contribution in [2.75, 3.05) is 0 Å². The predicted molar refractivity (Wildman–Crippen MR) is 72.2 cm³/mol. The van der Waals surface area contributed by atoms with Crippen molar-refractivity contribution in [2.24, 2.45) is 5.73 Å². The highest BCUT2D eigenvalue weighted by Crippen LogP contribution is 2.37. The summed E-state index contributed by atoms with van der Waals surface area (Å²) >= 11 is 0. The van der Waals surface area contributed by atoms with E-state index in [2.05, 4.69) is 36.2 Å². The first-order chi connectivity index (χ1) is 8.25. The SMILES string of the molecule is Cc1[nH]c2ccccc2c1C1CCC(N)CC1. The highest BCUT2D eigenvalue weighted by Gasteiger charge is 2.23. The molecule has 17 heavy (non-hydrogen) atoms. The summed E-state index contributed by atoms with van der Waals surface area (Å²) in [5.41, 5.74) is 10.1. The summed E-state index contributed by atoms with van der Waals surface area (Å²) in [7, 11) is 0. The van der Waals surface area contributed by atoms with E-state index in [9.17, 15) is 0 Å². The fourth-order valence-electron chi connectivity index (χ4n) is 3.23. The zero-order valence-electron chi connectivity index (χ0n) is 10.4. The van der Waals surface area contributed by atoms with Crippen molar-refractivity contribution in [1.82, 2.24) is 4.98 Å². The number of aryl methyl sites for hydroxylation is 1. The number of nitrogens with one attached hydrogen (secondary N) is 1. The van der Waals surface area contributed by atoms with Gasteiger partial charge in [-0.1, -0.05) is 18.2 Å². The van der Waals surface area contributed by atoms with E-state index in [1.165, 1.54) is 47.8 Å². The van der Waals surface area contributed by atoms with Crippen LogP contribution in [0.2, 0.25) is 0 Å². The molecule has 0 atom stereocenters. The highest BCUT2D eigenvalue weighted by atomic mass is 14.7. The Hall–Kier alpha value is -1.28. The van der Waals surface area contributed by atoms with Crippen LogP contribution in [-0.4, -0.2) is 11.0 Å². The molecule has 0 spiro atoms. The van der Waals surface area contributed by atoms with Gasteiger partial charge in [0.1, 0.15) is 0 Å². The average Bonchev–Trinajstić information content (AvgIpc) is 2.66. The minimum atomic E-state index is 0.428. The number of hydrogen-bond acceptors (Lipinski definition) is 1. The molecule has 0 radical (unpaired) electrons. The van der Waals surface area contributed by atoms with Crippen molar-refractivity contribution < 1.29 is 0 Å². The van der Waals surface area contributed by atoms with Crippen molar-refractivity contribution in [3.05, 3.63) is 35.5 Å². The number of rotatable bonds is 1. The summed E-state index contributed by atoms with van der Waals surface area (Å²) in [5.74, 6) is 0.700. The van der Waals surface area contributed by atoms with Gasteiger partial charge in [0.05, 0.1) is 0 Å². The standard InChI is InChI=1S/C15H20N2/c1-10-15(11-6-8-12(16)9-7-11)13-4-2-3-5-14(13)17-10/h2-5,11-12,17H,6-9,16H2,1H3. The van der Waals surface area contributed by atoms with E-state index in [1.54, 1.807) is 0 Å². The van der Waals surface area contributed by atoms with Crippen LogP contribution in [0, 0.1) is 6.92 Å². The van der Waals surface area contributed by atoms with Crippen LogP contribution in [0.1, 0.15) is 42.9 Å². The van der Waals surface area contributed by atoms with Crippen molar-refractivity contribution in [3.63, 3.8) is 0 Å². The third-order valence-electron chi connectivity index (χ3n) is 4.12. The molecule has 0 bridgehead atoms. The average molecular weight is 228 g/mol. The predicted octanol–water partition coefficient (Wildman–Crippen LogP) is 3.46. The van der Waals surface area contributed by atoms with Gasteiger partial charge in [0.25, 0.3) is 0 Å². The normalized spacial score (nSPS) is 25.3. The van der Waals surface area contributed by atoms with E-state index in [1.807, 2.05) is 0 Å². The largest absolute Gasteiger partial charge is 0.358 e. The maximum absolute atomic E-state index is 5.99. The lowest BCUT2D eigenvalue weighted by Crippen LogP contribution is -2.25. The Bertz CT molecular complexity index is 519. The maximum Gasteiger partial charge on any atom is 0.0458 e. The van der Waals surface area contributed by atoms with Crippen molar-refractivity contribution >= 4 is 10.9 Å². The number of nitrogens with two attached hydrogens (primary N) is 1. The molecule has 1 fully saturated rings. The molecule has 1 aromatic heterocycles. The Morgan fingerprint density at radius 2 is 1.82 bits per heavy atom. The van der Waals surface area contributed by atoms with E-state index >= 15 is 0 Å². The van der Waals surface area contributed by atoms with Crippen molar-refractivity contribution in [2.45, 2.75) is 44.6 Å². The fraction of sp³-hybridized carbons (Fsp3) is 0.467. The van der Waals surface area contributed by atoms with Crippen LogP contribution in [0.4, 0.5) is 0 Å². The van der Waals surface area contributed by atoms with E-state index in [-0.39, 0.29) is 0 Å². The lowest BCUT2D eigenvalue weighted by molar-refractivity contribution is 0.396. The summed E-state index contributed by atoms with van der Waals surface area (Å²) in [6.45, 7) is 2.20. The van der Waals surface area contributed by atoms with Crippen LogP contribution in [0.5, 0.6) is 0 Å². The summed E-state index contributed by atoms with van der Waals surface area (Å²) < 4.78 is 0. The lowest BCUT2D eigenvalue weighted by atomic mass is 9.81. The van der Waals surface area contributed by atoms with E-state index in [0.29, 0.717) is 12.0 Å². The van der Waals surface area contributed by atoms with Gasteiger partial charge in [0, 0.05) is 22.6 Å². The van der Waals surface area contributed by atoms with Gasteiger partial charge in [0.2, 0.25) is 0 Å². The van der Waals surface area contributed by atoms with Gasteiger partial charge in [-0.05, 0) is 50.2 Å². The smallest absolute Gasteiger partial charge is 0.0458 e. The molecule has 0 amide bonds. The maximum atomic E-state index is 5.99. The Labute approximate surface area is 102 Å². The molecular weight excluding hydrogens is 208 g/mol. The van der Waals surface area contributed by atoms with Crippen LogP contribution < -0.4 is 5.73 Å². The quantitative estimate of drug-likeness (QED) is 0.771. The summed E-state index contributed by atoms with van der Waals surface area (Å²) in [5, 5.41) is 1.41. The molecule has 0 aliphatic heterocycles. The third-order valence-corrected chi connectivity index (χ3v) is 4.12. The second-order valence-corrected chi connectivity index (χ2v) is 5.32. The second kappa shape index (κ2) is 4.19. The number of para-hydroxylation sites is 1. The molecule has 1 heterocycles. The minimum Gasteiger partial charge on any atom is -0.358 e. The molecule has 1 saturated carbocycles. The van der Waals surface area contributed by atoms with Gasteiger partial charge in [-0.3, -0.25) is 0 Å². The zero-order chi connectivity index (χ0) is 11.8. The molecule has 1 aromatic carbocycles. The monoisotopic (exact) mass is 228 g/mol. The van der Waals surface area contributed by atoms with Crippen LogP contribution in [0.15, 0.2) is 24.3 Å². The number of aromatic nitrogens is 1. The lowest BCUT2D eigenvalue weighted by Gasteiger charge is -2.26. The Balaban J connectivity index is 2.02. The molecular formula is C15H20N2. The molecule has 3 rings (SSSR count). The van der Waals surface area contributed by atoms with Gasteiger partial charge >= 0.3 is 0 Å². The molecule has 0 saturated heterocycles. The van der Waals surface area contributed by atoms with Crippen LogP contribution in [0.3, 0.4) is 0 Å². The zero-order valence-corrected chi connectivity index (χ0v) is 10.4. The molecule has 3 N–H and O–H groups in total. The first kappa shape index (κ1) is 10.8. The first-order valence-corrected chi connectivity index (χ1v) is 6.58. The van der Waals surface area contributed by atoms with Gasteiger partial charge in [0.15, 0.2) is 0 Å². The molecule has 1 aliphatic carbocycles. The number of H-pyrrole nitrogens is 1.